The van der Waals surface area contributed by atoms with Crippen LogP contribution in [-0.2, 0) is 0 Å². The van der Waals surface area contributed by atoms with E-state index in [0.717, 1.165) is 11.3 Å². The summed E-state index contributed by atoms with van der Waals surface area (Å²) < 4.78 is 15.1. The fourth-order valence-electron chi connectivity index (χ4n) is 2.32. The Morgan fingerprint density at radius 1 is 1.22 bits per heavy atom. The number of nitrogens with zero attached hydrogens (tertiary/aromatic N) is 4. The van der Waals surface area contributed by atoms with E-state index in [-0.39, 0.29) is 5.02 Å². The minimum atomic E-state index is -0.466. The summed E-state index contributed by atoms with van der Waals surface area (Å²) >= 11 is 5.80. The summed E-state index contributed by atoms with van der Waals surface area (Å²) in [7, 11) is 0. The predicted octanol–water partition coefficient (Wildman–Crippen LogP) is 3.66. The maximum absolute atomic E-state index is 13.3. The summed E-state index contributed by atoms with van der Waals surface area (Å²) in [6, 6.07) is 4.39. The Labute approximate surface area is 135 Å². The number of aromatic nitrogens is 5. The van der Waals surface area contributed by atoms with Gasteiger partial charge in [-0.05, 0) is 18.2 Å². The number of rotatable bonds is 3. The van der Waals surface area contributed by atoms with Crippen LogP contribution in [0.15, 0.2) is 49.2 Å². The summed E-state index contributed by atoms with van der Waals surface area (Å²) in [6.07, 6.45) is 8.73. The summed E-state index contributed by atoms with van der Waals surface area (Å²) in [4.78, 5) is 8.74. The molecule has 0 atom stereocenters. The van der Waals surface area contributed by atoms with Gasteiger partial charge in [0.25, 0.3) is 0 Å². The number of hydrogen-bond donors (Lipinski definition) is 2. The first-order valence-electron chi connectivity index (χ1n) is 6.75. The average molecular weight is 329 g/mol. The molecule has 0 saturated carbocycles. The molecule has 0 amide bonds. The predicted molar refractivity (Wildman–Crippen MR) is 85.3 cm³/mol. The molecule has 0 bridgehead atoms. The SMILES string of the molecule is Fc1ccc(Nc2ncc(-c3cn[nH]c3)n3ccnc23)cc1Cl. The van der Waals surface area contributed by atoms with Gasteiger partial charge in [0.1, 0.15) is 5.82 Å². The van der Waals surface area contributed by atoms with Gasteiger partial charge < -0.3 is 5.32 Å². The fourth-order valence-corrected chi connectivity index (χ4v) is 2.50. The number of aromatic amines is 1. The van der Waals surface area contributed by atoms with E-state index in [9.17, 15) is 4.39 Å². The third-order valence-corrected chi connectivity index (χ3v) is 3.69. The van der Waals surface area contributed by atoms with E-state index in [1.165, 1.54) is 12.1 Å². The first kappa shape index (κ1) is 13.7. The van der Waals surface area contributed by atoms with E-state index in [1.807, 2.05) is 10.6 Å². The van der Waals surface area contributed by atoms with E-state index < -0.39 is 5.82 Å². The highest BCUT2D eigenvalue weighted by Gasteiger charge is 2.11. The smallest absolute Gasteiger partial charge is 0.180 e. The van der Waals surface area contributed by atoms with Crippen molar-refractivity contribution >= 4 is 28.8 Å². The summed E-state index contributed by atoms with van der Waals surface area (Å²) in [5.41, 5.74) is 3.03. The van der Waals surface area contributed by atoms with Gasteiger partial charge in [-0.2, -0.15) is 5.10 Å². The quantitative estimate of drug-likeness (QED) is 0.602. The Hall–Kier alpha value is -2.93. The Morgan fingerprint density at radius 3 is 2.91 bits per heavy atom. The van der Waals surface area contributed by atoms with E-state index >= 15 is 0 Å². The first-order chi connectivity index (χ1) is 11.2. The minimum Gasteiger partial charge on any atom is -0.337 e. The number of benzene rings is 1. The van der Waals surface area contributed by atoms with Crippen molar-refractivity contribution in [2.75, 3.05) is 5.32 Å². The van der Waals surface area contributed by atoms with Crippen LogP contribution in [0.4, 0.5) is 15.9 Å². The molecule has 0 radical (unpaired) electrons. The molecule has 0 saturated heterocycles. The van der Waals surface area contributed by atoms with Gasteiger partial charge in [0, 0.05) is 29.8 Å². The van der Waals surface area contributed by atoms with Crippen molar-refractivity contribution in [1.82, 2.24) is 24.6 Å². The molecule has 6 nitrogen and oxygen atoms in total. The van der Waals surface area contributed by atoms with Gasteiger partial charge in [0.2, 0.25) is 0 Å². The molecule has 2 N–H and O–H groups in total. The van der Waals surface area contributed by atoms with Crippen molar-refractivity contribution < 1.29 is 4.39 Å². The fraction of sp³-hybridized carbons (Fsp3) is 0. The second-order valence-corrected chi connectivity index (χ2v) is 5.26. The maximum atomic E-state index is 13.3. The van der Waals surface area contributed by atoms with Gasteiger partial charge >= 0.3 is 0 Å². The monoisotopic (exact) mass is 328 g/mol. The van der Waals surface area contributed by atoms with Crippen LogP contribution < -0.4 is 5.32 Å². The number of halogens is 2. The molecule has 0 aliphatic rings. The van der Waals surface area contributed by atoms with Crippen LogP contribution in [0.25, 0.3) is 16.9 Å². The highest BCUT2D eigenvalue weighted by atomic mass is 35.5. The van der Waals surface area contributed by atoms with Crippen molar-refractivity contribution in [3.05, 3.63) is 60.0 Å². The van der Waals surface area contributed by atoms with Crippen LogP contribution in [0.2, 0.25) is 5.02 Å². The Kier molecular flexibility index (Phi) is 3.20. The number of imidazole rings is 1. The van der Waals surface area contributed by atoms with E-state index in [0.29, 0.717) is 17.2 Å². The van der Waals surface area contributed by atoms with Crippen LogP contribution in [0.3, 0.4) is 0 Å². The van der Waals surface area contributed by atoms with E-state index in [1.54, 1.807) is 30.9 Å². The molecular weight excluding hydrogens is 319 g/mol. The lowest BCUT2D eigenvalue weighted by Crippen LogP contribution is -2.00. The molecule has 8 heteroatoms. The maximum Gasteiger partial charge on any atom is 0.180 e. The lowest BCUT2D eigenvalue weighted by atomic mass is 10.2. The van der Waals surface area contributed by atoms with Gasteiger partial charge in [-0.1, -0.05) is 11.6 Å². The number of fused-ring (bicyclic) bond motifs is 1. The van der Waals surface area contributed by atoms with Crippen LogP contribution in [0, 0.1) is 5.82 Å². The number of nitrogens with one attached hydrogen (secondary N) is 2. The Balaban J connectivity index is 1.78. The van der Waals surface area contributed by atoms with Crippen LogP contribution >= 0.6 is 11.6 Å². The summed E-state index contributed by atoms with van der Waals surface area (Å²) in [6.45, 7) is 0. The highest BCUT2D eigenvalue weighted by molar-refractivity contribution is 6.31. The van der Waals surface area contributed by atoms with Crippen LogP contribution in [0.1, 0.15) is 0 Å². The van der Waals surface area contributed by atoms with Gasteiger partial charge in [-0.15, -0.1) is 0 Å². The molecule has 0 spiro atoms. The molecule has 0 fully saturated rings. The zero-order valence-electron chi connectivity index (χ0n) is 11.7. The number of hydrogen-bond acceptors (Lipinski definition) is 4. The van der Waals surface area contributed by atoms with E-state index in [4.69, 9.17) is 11.6 Å². The number of anilines is 2. The lowest BCUT2D eigenvalue weighted by Gasteiger charge is -2.10. The minimum absolute atomic E-state index is 0.0457. The Bertz CT molecular complexity index is 979. The standard InChI is InChI=1S/C15H10ClFN6/c16-11-5-10(1-2-12(11)17)22-14-15-18-3-4-23(15)13(8-19-14)9-6-20-21-7-9/h1-8H,(H,19,22)(H,20,21). The van der Waals surface area contributed by atoms with Crippen molar-refractivity contribution in [2.24, 2.45) is 0 Å². The molecule has 0 aliphatic carbocycles. The van der Waals surface area contributed by atoms with Crippen molar-refractivity contribution in [2.45, 2.75) is 0 Å². The third-order valence-electron chi connectivity index (χ3n) is 3.40. The van der Waals surface area contributed by atoms with Crippen molar-refractivity contribution in [1.29, 1.82) is 0 Å². The molecular formula is C15H10ClFN6. The molecule has 3 heterocycles. The van der Waals surface area contributed by atoms with Gasteiger partial charge in [0.15, 0.2) is 11.5 Å². The highest BCUT2D eigenvalue weighted by Crippen LogP contribution is 2.26. The third kappa shape index (κ3) is 2.40. The van der Waals surface area contributed by atoms with Crippen LogP contribution in [0.5, 0.6) is 0 Å². The molecule has 4 rings (SSSR count). The largest absolute Gasteiger partial charge is 0.337 e. The molecule has 3 aromatic heterocycles. The lowest BCUT2D eigenvalue weighted by molar-refractivity contribution is 0.628. The molecule has 1 aromatic carbocycles. The van der Waals surface area contributed by atoms with Gasteiger partial charge in [-0.3, -0.25) is 9.50 Å². The average Bonchev–Trinajstić information content (AvgIpc) is 3.22. The molecule has 4 aromatic rings. The normalized spacial score (nSPS) is 11.0. The van der Waals surface area contributed by atoms with Crippen molar-refractivity contribution in [3.8, 4) is 11.3 Å². The zero-order chi connectivity index (χ0) is 15.8. The van der Waals surface area contributed by atoms with E-state index in [2.05, 4.69) is 25.5 Å². The molecule has 0 unspecified atom stereocenters. The molecule has 23 heavy (non-hydrogen) atoms. The van der Waals surface area contributed by atoms with Gasteiger partial charge in [0.05, 0.1) is 23.1 Å². The summed E-state index contributed by atoms with van der Waals surface area (Å²) in [5, 5.41) is 9.87. The number of H-pyrrole nitrogens is 1. The van der Waals surface area contributed by atoms with Crippen LogP contribution in [-0.4, -0.2) is 24.6 Å². The molecule has 0 aliphatic heterocycles. The molecule has 114 valence electrons. The summed E-state index contributed by atoms with van der Waals surface area (Å²) in [5.74, 6) is 0.0800. The second kappa shape index (κ2) is 5.36. The first-order valence-corrected chi connectivity index (χ1v) is 7.13. The zero-order valence-corrected chi connectivity index (χ0v) is 12.4. The van der Waals surface area contributed by atoms with Crippen molar-refractivity contribution in [3.63, 3.8) is 0 Å². The topological polar surface area (TPSA) is 70.9 Å². The Morgan fingerprint density at radius 2 is 2.13 bits per heavy atom. The second-order valence-electron chi connectivity index (χ2n) is 4.85. The van der Waals surface area contributed by atoms with Gasteiger partial charge in [-0.25, -0.2) is 14.4 Å².